The maximum atomic E-state index is 12.5. The summed E-state index contributed by atoms with van der Waals surface area (Å²) in [5.74, 6) is 0.105. The summed E-state index contributed by atoms with van der Waals surface area (Å²) in [5, 5.41) is 11.3. The first kappa shape index (κ1) is 15.0. The molecule has 5 heteroatoms. The van der Waals surface area contributed by atoms with Crippen molar-refractivity contribution in [2.45, 2.75) is 38.6 Å². The largest absolute Gasteiger partial charge is 0.325 e. The van der Waals surface area contributed by atoms with Gasteiger partial charge in [-0.25, -0.2) is 4.79 Å². The van der Waals surface area contributed by atoms with Gasteiger partial charge in [-0.2, -0.15) is 5.26 Å². The van der Waals surface area contributed by atoms with Crippen molar-refractivity contribution in [3.63, 3.8) is 0 Å². The van der Waals surface area contributed by atoms with Crippen LogP contribution in [-0.4, -0.2) is 23.4 Å². The van der Waals surface area contributed by atoms with Crippen LogP contribution in [0.3, 0.4) is 0 Å². The summed E-state index contributed by atoms with van der Waals surface area (Å²) in [6.07, 6.45) is 0.140. The topological polar surface area (TPSA) is 73.2 Å². The molecule has 1 aliphatic heterocycles. The van der Waals surface area contributed by atoms with Crippen molar-refractivity contribution in [2.24, 2.45) is 0 Å². The maximum Gasteiger partial charge on any atom is 0.325 e. The fraction of sp³-hybridized carbons (Fsp3) is 0.438. The van der Waals surface area contributed by atoms with Crippen LogP contribution in [0.2, 0.25) is 0 Å². The quantitative estimate of drug-likeness (QED) is 0.864. The molecule has 1 saturated heterocycles. The molecule has 3 amide bonds. The zero-order chi connectivity index (χ0) is 15.6. The summed E-state index contributed by atoms with van der Waals surface area (Å²) in [4.78, 5) is 25.5. The Morgan fingerprint density at radius 1 is 1.29 bits per heavy atom. The van der Waals surface area contributed by atoms with Crippen molar-refractivity contribution < 1.29 is 9.59 Å². The van der Waals surface area contributed by atoms with Gasteiger partial charge in [0, 0.05) is 6.54 Å². The van der Waals surface area contributed by atoms with Gasteiger partial charge in [0.25, 0.3) is 5.91 Å². The monoisotopic (exact) mass is 285 g/mol. The molecule has 5 nitrogen and oxygen atoms in total. The molecule has 0 bridgehead atoms. The van der Waals surface area contributed by atoms with Gasteiger partial charge in [0.15, 0.2) is 0 Å². The van der Waals surface area contributed by atoms with E-state index in [1.165, 1.54) is 5.56 Å². The lowest BCUT2D eigenvalue weighted by atomic mass is 9.90. The van der Waals surface area contributed by atoms with Crippen LogP contribution in [0.25, 0.3) is 0 Å². The summed E-state index contributed by atoms with van der Waals surface area (Å²) in [7, 11) is 0. The van der Waals surface area contributed by atoms with Gasteiger partial charge in [0.05, 0.1) is 12.5 Å². The zero-order valence-corrected chi connectivity index (χ0v) is 12.5. The molecule has 1 N–H and O–H groups in total. The van der Waals surface area contributed by atoms with E-state index < -0.39 is 11.6 Å². The van der Waals surface area contributed by atoms with E-state index in [0.29, 0.717) is 5.92 Å². The van der Waals surface area contributed by atoms with E-state index in [1.807, 2.05) is 30.3 Å². The number of benzene rings is 1. The minimum absolute atomic E-state index is 0.126. The highest BCUT2D eigenvalue weighted by molar-refractivity contribution is 6.07. The number of amides is 3. The Morgan fingerprint density at radius 3 is 2.43 bits per heavy atom. The van der Waals surface area contributed by atoms with Crippen LogP contribution in [0.5, 0.6) is 0 Å². The molecule has 0 radical (unpaired) electrons. The minimum atomic E-state index is -1.05. The Kier molecular flexibility index (Phi) is 3.99. The first-order valence-electron chi connectivity index (χ1n) is 7.01. The first-order chi connectivity index (χ1) is 9.90. The van der Waals surface area contributed by atoms with Gasteiger partial charge >= 0.3 is 6.03 Å². The highest BCUT2D eigenvalue weighted by Gasteiger charge is 2.48. The van der Waals surface area contributed by atoms with Crippen LogP contribution in [0, 0.1) is 11.3 Å². The number of imide groups is 1. The molecule has 0 aliphatic carbocycles. The van der Waals surface area contributed by atoms with Crippen molar-refractivity contribution in [3.8, 4) is 6.07 Å². The van der Waals surface area contributed by atoms with Gasteiger partial charge in [-0.05, 0) is 24.0 Å². The molecular formula is C16H19N3O2. The molecule has 2 rings (SSSR count). The van der Waals surface area contributed by atoms with Crippen LogP contribution in [0.1, 0.15) is 44.2 Å². The lowest BCUT2D eigenvalue weighted by Crippen LogP contribution is -2.41. The van der Waals surface area contributed by atoms with Gasteiger partial charge in [-0.3, -0.25) is 9.69 Å². The van der Waals surface area contributed by atoms with Gasteiger partial charge in [0.2, 0.25) is 0 Å². The fourth-order valence-electron chi connectivity index (χ4n) is 2.46. The number of nitrogens with zero attached hydrogens (tertiary/aromatic N) is 2. The van der Waals surface area contributed by atoms with Crippen molar-refractivity contribution in [1.82, 2.24) is 10.2 Å². The van der Waals surface area contributed by atoms with E-state index in [4.69, 9.17) is 5.26 Å². The molecule has 0 aromatic heterocycles. The SMILES string of the molecule is CC(C)c1ccc([C@@]2(C)NC(=O)N(CCC#N)C2=O)cc1. The Bertz CT molecular complexity index is 601. The number of carbonyl (C=O) groups excluding carboxylic acids is 2. The molecular weight excluding hydrogens is 266 g/mol. The third-order valence-electron chi connectivity index (χ3n) is 3.88. The van der Waals surface area contributed by atoms with Crippen LogP contribution < -0.4 is 5.32 Å². The average Bonchev–Trinajstić information content (AvgIpc) is 2.68. The molecule has 110 valence electrons. The molecule has 1 fully saturated rings. The predicted molar refractivity (Wildman–Crippen MR) is 78.4 cm³/mol. The Morgan fingerprint density at radius 2 is 1.90 bits per heavy atom. The summed E-state index contributed by atoms with van der Waals surface area (Å²) in [6.45, 7) is 6.02. The van der Waals surface area contributed by atoms with Crippen molar-refractivity contribution in [1.29, 1.82) is 5.26 Å². The van der Waals surface area contributed by atoms with E-state index in [2.05, 4.69) is 19.2 Å². The number of nitriles is 1. The minimum Gasteiger partial charge on any atom is -0.319 e. The lowest BCUT2D eigenvalue weighted by molar-refractivity contribution is -0.131. The molecule has 1 aliphatic rings. The van der Waals surface area contributed by atoms with E-state index in [1.54, 1.807) is 6.92 Å². The zero-order valence-electron chi connectivity index (χ0n) is 12.5. The van der Waals surface area contributed by atoms with E-state index in [-0.39, 0.29) is 18.9 Å². The first-order valence-corrected chi connectivity index (χ1v) is 7.01. The third-order valence-corrected chi connectivity index (χ3v) is 3.88. The number of urea groups is 1. The predicted octanol–water partition coefficient (Wildman–Crippen LogP) is 2.49. The molecule has 1 heterocycles. The second-order valence-corrected chi connectivity index (χ2v) is 5.70. The number of nitrogens with one attached hydrogen (secondary N) is 1. The summed E-state index contributed by atoms with van der Waals surface area (Å²) in [6, 6.07) is 9.21. The van der Waals surface area contributed by atoms with Gasteiger partial charge in [-0.15, -0.1) is 0 Å². The second kappa shape index (κ2) is 5.57. The molecule has 21 heavy (non-hydrogen) atoms. The van der Waals surface area contributed by atoms with Crippen molar-refractivity contribution in [3.05, 3.63) is 35.4 Å². The Hall–Kier alpha value is -2.35. The van der Waals surface area contributed by atoms with E-state index >= 15 is 0 Å². The van der Waals surface area contributed by atoms with Crippen LogP contribution >= 0.6 is 0 Å². The summed E-state index contributed by atoms with van der Waals surface area (Å²) in [5.41, 5.74) is 0.882. The van der Waals surface area contributed by atoms with Gasteiger partial charge in [0.1, 0.15) is 5.54 Å². The smallest absolute Gasteiger partial charge is 0.319 e. The number of carbonyl (C=O) groups is 2. The van der Waals surface area contributed by atoms with E-state index in [0.717, 1.165) is 10.5 Å². The van der Waals surface area contributed by atoms with E-state index in [9.17, 15) is 9.59 Å². The lowest BCUT2D eigenvalue weighted by Gasteiger charge is -2.22. The highest BCUT2D eigenvalue weighted by atomic mass is 16.2. The summed E-state index contributed by atoms with van der Waals surface area (Å²) >= 11 is 0. The van der Waals surface area contributed by atoms with Gasteiger partial charge in [-0.1, -0.05) is 38.1 Å². The number of hydrogen-bond acceptors (Lipinski definition) is 3. The van der Waals surface area contributed by atoms with Crippen molar-refractivity contribution in [2.75, 3.05) is 6.54 Å². The fourth-order valence-corrected chi connectivity index (χ4v) is 2.46. The van der Waals surface area contributed by atoms with Crippen LogP contribution in [0.4, 0.5) is 4.79 Å². The number of hydrogen-bond donors (Lipinski definition) is 1. The van der Waals surface area contributed by atoms with Crippen molar-refractivity contribution >= 4 is 11.9 Å². The van der Waals surface area contributed by atoms with Crippen LogP contribution in [0.15, 0.2) is 24.3 Å². The van der Waals surface area contributed by atoms with Gasteiger partial charge < -0.3 is 5.32 Å². The molecule has 0 saturated carbocycles. The number of rotatable bonds is 4. The normalized spacial score (nSPS) is 21.6. The summed E-state index contributed by atoms with van der Waals surface area (Å²) < 4.78 is 0. The maximum absolute atomic E-state index is 12.5. The third kappa shape index (κ3) is 2.62. The Labute approximate surface area is 124 Å². The average molecular weight is 285 g/mol. The molecule has 1 aromatic rings. The molecule has 1 atom stereocenters. The standard InChI is InChI=1S/C16H19N3O2/c1-11(2)12-5-7-13(8-6-12)16(3)14(20)19(10-4-9-17)15(21)18-16/h5-8,11H,4,10H2,1-3H3,(H,18,21)/t16-/m1/s1. The highest BCUT2D eigenvalue weighted by Crippen LogP contribution is 2.29. The second-order valence-electron chi connectivity index (χ2n) is 5.70. The molecule has 1 aromatic carbocycles. The Balaban J connectivity index is 2.28. The van der Waals surface area contributed by atoms with Crippen LogP contribution in [-0.2, 0) is 10.3 Å². The molecule has 0 unspecified atom stereocenters. The molecule has 0 spiro atoms.